The molecule has 3 amide bonds. The maximum Gasteiger partial charge on any atom is 0.271 e. The molecule has 3 aromatic rings. The number of amides is 3. The van der Waals surface area contributed by atoms with E-state index in [0.717, 1.165) is 22.4 Å². The van der Waals surface area contributed by atoms with Crippen molar-refractivity contribution in [2.45, 2.75) is 45.5 Å². The number of aromatic nitrogens is 2. The summed E-state index contributed by atoms with van der Waals surface area (Å²) >= 11 is 0. The number of nitrogens with one attached hydrogen (secondary N) is 2. The number of fused-ring (bicyclic) bond motifs is 1. The molecule has 0 radical (unpaired) electrons. The second kappa shape index (κ2) is 10.0. The van der Waals surface area contributed by atoms with E-state index < -0.39 is 18.1 Å². The van der Waals surface area contributed by atoms with Crippen molar-refractivity contribution in [3.8, 4) is 11.3 Å². The lowest BCUT2D eigenvalue weighted by molar-refractivity contribution is -0.136. The minimum atomic E-state index is -0.832. The number of carbonyl (C=O) groups is 3. The Labute approximate surface area is 214 Å². The second-order valence-corrected chi connectivity index (χ2v) is 9.64. The normalized spacial score (nSPS) is 18.6. The Balaban J connectivity index is 1.29. The number of rotatable bonds is 6. The van der Waals surface area contributed by atoms with Crippen molar-refractivity contribution < 1.29 is 19.5 Å². The number of aliphatic hydroxyl groups is 1. The lowest BCUT2D eigenvalue weighted by Gasteiger charge is -2.29. The van der Waals surface area contributed by atoms with Gasteiger partial charge in [-0.3, -0.25) is 24.4 Å². The van der Waals surface area contributed by atoms with Crippen LogP contribution < -0.4 is 5.32 Å². The molecule has 9 nitrogen and oxygen atoms in total. The van der Waals surface area contributed by atoms with Crippen molar-refractivity contribution in [1.29, 1.82) is 0 Å². The summed E-state index contributed by atoms with van der Waals surface area (Å²) in [6.45, 7) is 4.16. The fourth-order valence-corrected chi connectivity index (χ4v) is 4.98. The van der Waals surface area contributed by atoms with Gasteiger partial charge in [-0.1, -0.05) is 42.5 Å². The second-order valence-electron chi connectivity index (χ2n) is 9.64. The fraction of sp³-hybridized carbons (Fsp3) is 0.286. The number of aliphatic hydroxyl groups excluding tert-OH is 1. The van der Waals surface area contributed by atoms with Gasteiger partial charge in [0.15, 0.2) is 0 Å². The Kier molecular flexibility index (Phi) is 6.62. The zero-order chi connectivity index (χ0) is 26.1. The van der Waals surface area contributed by atoms with Crippen molar-refractivity contribution in [3.05, 3.63) is 88.8 Å². The first-order chi connectivity index (χ1) is 17.8. The number of nitrogens with zero attached hydrogens (tertiary/aromatic N) is 3. The Morgan fingerprint density at radius 3 is 2.54 bits per heavy atom. The SMILES string of the molecule is CC(C)=C(C(=O)N1C[C@H](O)C[C@H]1C(=O)NCc1ccc(-c2ccn[nH]2)cc1)N1Cc2ccccc2C1=O. The molecule has 1 fully saturated rings. The molecule has 0 bridgehead atoms. The molecule has 3 heterocycles. The summed E-state index contributed by atoms with van der Waals surface area (Å²) < 4.78 is 0. The molecular weight excluding hydrogens is 470 g/mol. The van der Waals surface area contributed by atoms with E-state index in [9.17, 15) is 19.5 Å². The highest BCUT2D eigenvalue weighted by Gasteiger charge is 2.42. The maximum absolute atomic E-state index is 13.7. The number of carbonyl (C=O) groups excluding carboxylic acids is 3. The zero-order valence-electron chi connectivity index (χ0n) is 20.8. The van der Waals surface area contributed by atoms with Gasteiger partial charge in [-0.15, -0.1) is 0 Å². The van der Waals surface area contributed by atoms with Gasteiger partial charge in [0.2, 0.25) is 5.91 Å². The van der Waals surface area contributed by atoms with E-state index in [-0.39, 0.29) is 37.0 Å². The summed E-state index contributed by atoms with van der Waals surface area (Å²) in [7, 11) is 0. The monoisotopic (exact) mass is 499 g/mol. The molecule has 9 heteroatoms. The molecular formula is C28H29N5O4. The summed E-state index contributed by atoms with van der Waals surface area (Å²) in [5, 5.41) is 20.1. The van der Waals surface area contributed by atoms with Gasteiger partial charge in [0.25, 0.3) is 11.8 Å². The lowest BCUT2D eigenvalue weighted by Crippen LogP contribution is -2.48. The maximum atomic E-state index is 13.7. The van der Waals surface area contributed by atoms with E-state index in [0.29, 0.717) is 17.7 Å². The summed E-state index contributed by atoms with van der Waals surface area (Å²) in [5.41, 5.74) is 5.14. The van der Waals surface area contributed by atoms with Gasteiger partial charge in [0.05, 0.1) is 18.3 Å². The molecule has 37 heavy (non-hydrogen) atoms. The van der Waals surface area contributed by atoms with Crippen LogP contribution in [0.4, 0.5) is 0 Å². The number of aromatic amines is 1. The number of β-amino-alcohol motifs (C(OH)–C–C–N with tert-alkyl or cyclic N) is 1. The van der Waals surface area contributed by atoms with Crippen molar-refractivity contribution in [3.63, 3.8) is 0 Å². The molecule has 0 aliphatic carbocycles. The third kappa shape index (κ3) is 4.77. The third-order valence-electron chi connectivity index (χ3n) is 6.84. The van der Waals surface area contributed by atoms with E-state index in [1.54, 1.807) is 32.2 Å². The highest BCUT2D eigenvalue weighted by molar-refractivity contribution is 6.06. The molecule has 1 saturated heterocycles. The number of H-pyrrole nitrogens is 1. The Morgan fingerprint density at radius 1 is 1.11 bits per heavy atom. The first kappa shape index (κ1) is 24.5. The van der Waals surface area contributed by atoms with E-state index >= 15 is 0 Å². The van der Waals surface area contributed by atoms with Gasteiger partial charge >= 0.3 is 0 Å². The van der Waals surface area contributed by atoms with Crippen molar-refractivity contribution in [2.24, 2.45) is 0 Å². The Morgan fingerprint density at radius 2 is 1.86 bits per heavy atom. The van der Waals surface area contributed by atoms with Crippen LogP contribution in [0.25, 0.3) is 11.3 Å². The molecule has 3 N–H and O–H groups in total. The van der Waals surface area contributed by atoms with Crippen LogP contribution in [0.3, 0.4) is 0 Å². The third-order valence-corrected chi connectivity index (χ3v) is 6.84. The Hall–Kier alpha value is -4.24. The van der Waals surface area contributed by atoms with Gasteiger partial charge < -0.3 is 15.3 Å². The smallest absolute Gasteiger partial charge is 0.271 e. The number of benzene rings is 2. The van der Waals surface area contributed by atoms with E-state index in [2.05, 4.69) is 15.5 Å². The first-order valence-electron chi connectivity index (χ1n) is 12.3. The minimum Gasteiger partial charge on any atom is -0.391 e. The Bertz CT molecular complexity index is 1360. The molecule has 5 rings (SSSR count). The van der Waals surface area contributed by atoms with Crippen LogP contribution in [0, 0.1) is 0 Å². The van der Waals surface area contributed by atoms with Crippen LogP contribution in [0.15, 0.2) is 72.1 Å². The van der Waals surface area contributed by atoms with Crippen LogP contribution in [0.2, 0.25) is 0 Å². The average molecular weight is 500 g/mol. The van der Waals surface area contributed by atoms with E-state index in [1.807, 2.05) is 42.5 Å². The number of hydrogen-bond acceptors (Lipinski definition) is 5. The van der Waals surface area contributed by atoms with Crippen molar-refractivity contribution in [1.82, 2.24) is 25.3 Å². The van der Waals surface area contributed by atoms with Crippen LogP contribution in [-0.4, -0.2) is 61.5 Å². The predicted molar refractivity (Wildman–Crippen MR) is 137 cm³/mol. The van der Waals surface area contributed by atoms with Crippen LogP contribution in [0.1, 0.15) is 41.8 Å². The summed E-state index contributed by atoms with van der Waals surface area (Å²) in [6, 6.07) is 16.0. The largest absolute Gasteiger partial charge is 0.391 e. The number of likely N-dealkylation sites (tertiary alicyclic amines) is 1. The molecule has 2 aromatic carbocycles. The van der Waals surface area contributed by atoms with Crippen molar-refractivity contribution in [2.75, 3.05) is 6.54 Å². The van der Waals surface area contributed by atoms with Gasteiger partial charge in [0, 0.05) is 31.3 Å². The van der Waals surface area contributed by atoms with Crippen LogP contribution >= 0.6 is 0 Å². The van der Waals surface area contributed by atoms with E-state index in [1.165, 1.54) is 9.80 Å². The van der Waals surface area contributed by atoms with Gasteiger partial charge in [-0.25, -0.2) is 0 Å². The standard InChI is InChI=1S/C28H29N5O4/c1-17(2)25(33-15-20-5-3-4-6-22(20)27(33)36)28(37)32-16-21(34)13-24(32)26(35)29-14-18-7-9-19(10-8-18)23-11-12-30-31-23/h3-12,21,24,34H,13-16H2,1-2H3,(H,29,35)(H,30,31)/t21-,24+/m1/s1. The molecule has 2 aliphatic rings. The highest BCUT2D eigenvalue weighted by atomic mass is 16.3. The lowest BCUT2D eigenvalue weighted by atomic mass is 10.1. The average Bonchev–Trinajstić information content (AvgIpc) is 3.63. The van der Waals surface area contributed by atoms with Crippen molar-refractivity contribution >= 4 is 17.7 Å². The molecule has 0 unspecified atom stereocenters. The summed E-state index contributed by atoms with van der Waals surface area (Å²) in [5.74, 6) is -1.01. The summed E-state index contributed by atoms with van der Waals surface area (Å²) in [6.07, 6.45) is 1.00. The minimum absolute atomic E-state index is 0.0293. The molecule has 1 aromatic heterocycles. The first-order valence-corrected chi connectivity index (χ1v) is 12.3. The highest BCUT2D eigenvalue weighted by Crippen LogP contribution is 2.30. The zero-order valence-corrected chi connectivity index (χ0v) is 20.8. The fourth-order valence-electron chi connectivity index (χ4n) is 4.98. The number of hydrogen-bond donors (Lipinski definition) is 3. The van der Waals surface area contributed by atoms with Gasteiger partial charge in [0.1, 0.15) is 11.7 Å². The molecule has 0 saturated carbocycles. The molecule has 2 atom stereocenters. The van der Waals surface area contributed by atoms with Gasteiger partial charge in [-0.2, -0.15) is 5.10 Å². The molecule has 0 spiro atoms. The van der Waals surface area contributed by atoms with Crippen LogP contribution in [0.5, 0.6) is 0 Å². The topological polar surface area (TPSA) is 119 Å². The predicted octanol–water partition coefficient (Wildman–Crippen LogP) is 2.60. The molecule has 2 aliphatic heterocycles. The quantitative estimate of drug-likeness (QED) is 0.451. The summed E-state index contributed by atoms with van der Waals surface area (Å²) in [4.78, 5) is 42.8. The molecule has 190 valence electrons. The number of allylic oxidation sites excluding steroid dienone is 1. The van der Waals surface area contributed by atoms with Crippen LogP contribution in [-0.2, 0) is 22.7 Å². The van der Waals surface area contributed by atoms with E-state index in [4.69, 9.17) is 0 Å². The van der Waals surface area contributed by atoms with Gasteiger partial charge in [-0.05, 0) is 48.2 Å².